The standard InChI is InChI=1S/C38H18OS2/c1-7-19-31-25(13-1)39-26-14-2-8-20(32(26)31)38-23-11-5-17-29-35(23)33-21(9-3-15-27(33)40-29)37(19,38)22-10-4-16-28-34(22)36-24(38)12-6-18-30(36)41-28/h1-18H. The van der Waals surface area contributed by atoms with Crippen molar-refractivity contribution in [2.45, 2.75) is 10.8 Å². The van der Waals surface area contributed by atoms with Crippen molar-refractivity contribution in [2.75, 3.05) is 0 Å². The van der Waals surface area contributed by atoms with E-state index in [-0.39, 0.29) is 0 Å². The van der Waals surface area contributed by atoms with E-state index >= 15 is 0 Å². The Kier molecular flexibility index (Phi) is 3.11. The Morgan fingerprint density at radius 2 is 0.634 bits per heavy atom. The number of benzene rings is 6. The van der Waals surface area contributed by atoms with Crippen LogP contribution in [0.2, 0.25) is 0 Å². The molecule has 41 heavy (non-hydrogen) atoms. The first-order chi connectivity index (χ1) is 20.3. The second kappa shape index (κ2) is 6.23. The van der Waals surface area contributed by atoms with E-state index in [0.717, 1.165) is 11.2 Å². The van der Waals surface area contributed by atoms with Crippen molar-refractivity contribution in [1.29, 1.82) is 0 Å². The molecule has 0 atom stereocenters. The zero-order chi connectivity index (χ0) is 26.2. The summed E-state index contributed by atoms with van der Waals surface area (Å²) in [6, 6.07) is 41.8. The number of hydrogen-bond acceptors (Lipinski definition) is 3. The smallest absolute Gasteiger partial charge is 0.135 e. The van der Waals surface area contributed by atoms with E-state index in [1.165, 1.54) is 84.5 Å². The van der Waals surface area contributed by atoms with Crippen LogP contribution in [-0.4, -0.2) is 0 Å². The zero-order valence-electron chi connectivity index (χ0n) is 21.6. The molecule has 3 aliphatic carbocycles. The highest BCUT2D eigenvalue weighted by Gasteiger charge is 2.66. The number of thiophene rings is 2. The van der Waals surface area contributed by atoms with Crippen LogP contribution in [0.15, 0.2) is 114 Å². The fourth-order valence-electron chi connectivity index (χ4n) is 9.56. The Balaban J connectivity index is 1.55. The highest BCUT2D eigenvalue weighted by atomic mass is 32.1. The van der Waals surface area contributed by atoms with Crippen LogP contribution in [0.3, 0.4) is 0 Å². The lowest BCUT2D eigenvalue weighted by Crippen LogP contribution is -2.56. The fraction of sp³-hybridized carbons (Fsp3) is 0.0526. The van der Waals surface area contributed by atoms with Gasteiger partial charge in [0.1, 0.15) is 11.2 Å². The molecule has 0 radical (unpaired) electrons. The van der Waals surface area contributed by atoms with Crippen LogP contribution < -0.4 is 0 Å². The average Bonchev–Trinajstić information content (AvgIpc) is 3.71. The molecule has 3 heteroatoms. The molecule has 3 heterocycles. The molecule has 1 nitrogen and oxygen atoms in total. The van der Waals surface area contributed by atoms with Crippen molar-refractivity contribution in [2.24, 2.45) is 0 Å². The predicted octanol–water partition coefficient (Wildman–Crippen LogP) is 10.6. The van der Waals surface area contributed by atoms with Crippen molar-refractivity contribution in [3.05, 3.63) is 143 Å². The van der Waals surface area contributed by atoms with E-state index in [4.69, 9.17) is 4.42 Å². The van der Waals surface area contributed by atoms with E-state index in [2.05, 4.69) is 109 Å². The van der Waals surface area contributed by atoms with Gasteiger partial charge < -0.3 is 4.42 Å². The first-order valence-electron chi connectivity index (χ1n) is 14.2. The van der Waals surface area contributed by atoms with Crippen molar-refractivity contribution in [3.63, 3.8) is 0 Å². The van der Waals surface area contributed by atoms with Crippen LogP contribution in [0, 0.1) is 0 Å². The summed E-state index contributed by atoms with van der Waals surface area (Å²) < 4.78 is 12.2. The molecule has 0 unspecified atom stereocenters. The third-order valence-electron chi connectivity index (χ3n) is 10.6. The van der Waals surface area contributed by atoms with Crippen molar-refractivity contribution in [3.8, 4) is 0 Å². The molecule has 3 aromatic heterocycles. The molecule has 0 amide bonds. The van der Waals surface area contributed by atoms with Crippen molar-refractivity contribution in [1.82, 2.24) is 0 Å². The highest BCUT2D eigenvalue weighted by molar-refractivity contribution is 7.26. The summed E-state index contributed by atoms with van der Waals surface area (Å²) in [4.78, 5) is 0. The number of furan rings is 1. The Hall–Kier alpha value is -4.44. The molecule has 3 aliphatic rings. The minimum absolute atomic E-state index is 0.457. The molecular formula is C38H18OS2. The second-order valence-corrected chi connectivity index (χ2v) is 14.0. The zero-order valence-corrected chi connectivity index (χ0v) is 23.3. The molecular weight excluding hydrogens is 537 g/mol. The quantitative estimate of drug-likeness (QED) is 0.182. The molecule has 188 valence electrons. The summed E-state index contributed by atoms with van der Waals surface area (Å²) in [6.45, 7) is 0. The maximum absolute atomic E-state index is 6.67. The predicted molar refractivity (Wildman–Crippen MR) is 172 cm³/mol. The van der Waals surface area contributed by atoms with Crippen LogP contribution in [0.5, 0.6) is 0 Å². The molecule has 0 saturated heterocycles. The van der Waals surface area contributed by atoms with Gasteiger partial charge in [-0.25, -0.2) is 0 Å². The van der Waals surface area contributed by atoms with Crippen molar-refractivity contribution < 1.29 is 4.42 Å². The van der Waals surface area contributed by atoms with Crippen LogP contribution >= 0.6 is 22.7 Å². The summed E-state index contributed by atoms with van der Waals surface area (Å²) >= 11 is 3.88. The molecule has 6 aromatic carbocycles. The van der Waals surface area contributed by atoms with E-state index in [1.54, 1.807) is 0 Å². The van der Waals surface area contributed by atoms with Crippen molar-refractivity contribution >= 4 is 85.0 Å². The maximum Gasteiger partial charge on any atom is 0.135 e. The maximum atomic E-state index is 6.67. The van der Waals surface area contributed by atoms with Gasteiger partial charge in [-0.15, -0.1) is 22.7 Å². The molecule has 9 aromatic rings. The van der Waals surface area contributed by atoms with E-state index in [9.17, 15) is 0 Å². The first kappa shape index (κ1) is 20.4. The molecule has 0 spiro atoms. The van der Waals surface area contributed by atoms with Gasteiger partial charge in [-0.2, -0.15) is 0 Å². The SMILES string of the molecule is c1cc2c3c(c1)oc1cccc(c13)C13c4cccc5sc6cccc(c6c45)C21c1cccc2sc4cccc3c4c12. The minimum Gasteiger partial charge on any atom is -0.456 e. The van der Waals surface area contributed by atoms with Gasteiger partial charge in [0, 0.05) is 51.1 Å². The largest absolute Gasteiger partial charge is 0.456 e. The van der Waals surface area contributed by atoms with Gasteiger partial charge in [0.15, 0.2) is 0 Å². The monoisotopic (exact) mass is 554 g/mol. The van der Waals surface area contributed by atoms with Crippen LogP contribution in [0.25, 0.3) is 62.3 Å². The number of hydrogen-bond donors (Lipinski definition) is 0. The summed E-state index contributed by atoms with van der Waals surface area (Å²) in [6.07, 6.45) is 0. The van der Waals surface area contributed by atoms with E-state index < -0.39 is 10.8 Å². The van der Waals surface area contributed by atoms with Gasteiger partial charge in [-0.3, -0.25) is 0 Å². The summed E-state index contributed by atoms with van der Waals surface area (Å²) in [7, 11) is 0. The van der Waals surface area contributed by atoms with Gasteiger partial charge in [0.05, 0.1) is 10.8 Å². The third-order valence-corrected chi connectivity index (χ3v) is 12.8. The molecule has 12 rings (SSSR count). The van der Waals surface area contributed by atoms with Gasteiger partial charge >= 0.3 is 0 Å². The normalized spacial score (nSPS) is 21.4. The summed E-state index contributed by atoms with van der Waals surface area (Å²) in [5.41, 5.74) is 9.51. The number of rotatable bonds is 0. The lowest BCUT2D eigenvalue weighted by atomic mass is 9.40. The third kappa shape index (κ3) is 1.81. The average molecular weight is 555 g/mol. The molecule has 0 aliphatic heterocycles. The van der Waals surface area contributed by atoms with Crippen LogP contribution in [0.1, 0.15) is 33.4 Å². The topological polar surface area (TPSA) is 13.1 Å². The fourth-order valence-corrected chi connectivity index (χ4v) is 11.9. The molecule has 0 bridgehead atoms. The molecule has 0 saturated carbocycles. The lowest BCUT2D eigenvalue weighted by molar-refractivity contribution is 0.426. The van der Waals surface area contributed by atoms with Gasteiger partial charge in [0.2, 0.25) is 0 Å². The Morgan fingerprint density at radius 1 is 0.341 bits per heavy atom. The molecule has 0 fully saturated rings. The van der Waals surface area contributed by atoms with Crippen LogP contribution in [0.4, 0.5) is 0 Å². The highest BCUT2D eigenvalue weighted by Crippen LogP contribution is 2.73. The molecule has 0 N–H and O–H groups in total. The Morgan fingerprint density at radius 3 is 0.976 bits per heavy atom. The van der Waals surface area contributed by atoms with E-state index in [0.29, 0.717) is 0 Å². The van der Waals surface area contributed by atoms with Gasteiger partial charge in [-0.1, -0.05) is 72.8 Å². The summed E-state index contributed by atoms with van der Waals surface area (Å²) in [5, 5.41) is 8.27. The van der Waals surface area contributed by atoms with Gasteiger partial charge in [-0.05, 0) is 69.8 Å². The Labute approximate surface area is 241 Å². The van der Waals surface area contributed by atoms with E-state index in [1.807, 2.05) is 22.7 Å². The minimum atomic E-state index is -0.457. The van der Waals surface area contributed by atoms with Crippen LogP contribution in [-0.2, 0) is 10.8 Å². The lowest BCUT2D eigenvalue weighted by Gasteiger charge is -2.59. The van der Waals surface area contributed by atoms with Gasteiger partial charge in [0.25, 0.3) is 0 Å². The first-order valence-corrected chi connectivity index (χ1v) is 15.8. The Bertz CT molecular complexity index is 2240. The second-order valence-electron chi connectivity index (χ2n) is 11.9. The summed E-state index contributed by atoms with van der Waals surface area (Å²) in [5.74, 6) is 0.